The lowest BCUT2D eigenvalue weighted by atomic mass is 9.83. The summed E-state index contributed by atoms with van der Waals surface area (Å²) < 4.78 is 5.41. The van der Waals surface area contributed by atoms with Crippen LogP contribution in [0.4, 0.5) is 0 Å². The number of piperidine rings is 1. The summed E-state index contributed by atoms with van der Waals surface area (Å²) in [6.07, 6.45) is 0.893. The van der Waals surface area contributed by atoms with Crippen molar-refractivity contribution in [3.8, 4) is 5.75 Å². The zero-order chi connectivity index (χ0) is 22.3. The fraction of sp³-hybridized carbons (Fsp3) is 0.259. The summed E-state index contributed by atoms with van der Waals surface area (Å²) >= 11 is 0. The van der Waals surface area contributed by atoms with E-state index < -0.39 is 0 Å². The molecule has 1 saturated heterocycles. The number of para-hydroxylation sites is 1. The number of methoxy groups -OCH3 is 1. The standard InChI is InChI=1S/C27H28N2O3/c1-32-24-15-9-8-14-22(24)18-28-27(31)23-16-17-25(30)29(19-20-10-4-2-5-11-20)26(23)21-12-6-3-7-13-21/h2-15,23,26H,16-19H2,1H3,(H,28,31)/t23-,26-/m0/s1. The van der Waals surface area contributed by atoms with Crippen LogP contribution in [0.5, 0.6) is 5.75 Å². The number of likely N-dealkylation sites (tertiary alicyclic amines) is 1. The SMILES string of the molecule is COc1ccccc1CNC(=O)[C@H]1CCC(=O)N(Cc2ccccc2)[C@H]1c1ccccc1. The van der Waals surface area contributed by atoms with Gasteiger partial charge in [0.1, 0.15) is 5.75 Å². The Morgan fingerprint density at radius 3 is 2.34 bits per heavy atom. The molecule has 1 heterocycles. The Morgan fingerprint density at radius 2 is 1.62 bits per heavy atom. The second-order valence-electron chi connectivity index (χ2n) is 8.04. The highest BCUT2D eigenvalue weighted by Crippen LogP contribution is 2.38. The third-order valence-electron chi connectivity index (χ3n) is 6.03. The molecule has 0 spiro atoms. The van der Waals surface area contributed by atoms with Gasteiger partial charge in [0.25, 0.3) is 0 Å². The van der Waals surface area contributed by atoms with Crippen molar-refractivity contribution in [1.29, 1.82) is 0 Å². The number of amides is 2. The molecule has 1 aliphatic heterocycles. The van der Waals surface area contributed by atoms with Crippen molar-refractivity contribution in [3.63, 3.8) is 0 Å². The highest BCUT2D eigenvalue weighted by Gasteiger charge is 2.40. The summed E-state index contributed by atoms with van der Waals surface area (Å²) in [7, 11) is 1.63. The molecule has 5 nitrogen and oxygen atoms in total. The van der Waals surface area contributed by atoms with Gasteiger partial charge < -0.3 is 15.0 Å². The van der Waals surface area contributed by atoms with Gasteiger partial charge in [-0.15, -0.1) is 0 Å². The Hall–Kier alpha value is -3.60. The Bertz CT molecular complexity index is 1050. The predicted molar refractivity (Wildman–Crippen MR) is 124 cm³/mol. The van der Waals surface area contributed by atoms with Crippen LogP contribution in [0, 0.1) is 5.92 Å². The van der Waals surface area contributed by atoms with Gasteiger partial charge in [-0.25, -0.2) is 0 Å². The van der Waals surface area contributed by atoms with Crippen molar-refractivity contribution in [2.45, 2.75) is 32.0 Å². The maximum atomic E-state index is 13.4. The molecular formula is C27H28N2O3. The molecule has 4 rings (SSSR count). The van der Waals surface area contributed by atoms with Gasteiger partial charge in [-0.3, -0.25) is 9.59 Å². The molecule has 0 aliphatic carbocycles. The molecule has 164 valence electrons. The Balaban J connectivity index is 1.59. The van der Waals surface area contributed by atoms with Crippen LogP contribution in [0.1, 0.15) is 35.6 Å². The second-order valence-corrected chi connectivity index (χ2v) is 8.04. The van der Waals surface area contributed by atoms with Gasteiger partial charge in [-0.05, 0) is 23.6 Å². The quantitative estimate of drug-likeness (QED) is 0.603. The first-order valence-electron chi connectivity index (χ1n) is 11.0. The highest BCUT2D eigenvalue weighted by atomic mass is 16.5. The summed E-state index contributed by atoms with van der Waals surface area (Å²) in [6.45, 7) is 0.864. The van der Waals surface area contributed by atoms with Gasteiger partial charge in [0.15, 0.2) is 0 Å². The molecule has 0 aromatic heterocycles. The summed E-state index contributed by atoms with van der Waals surface area (Å²) in [5, 5.41) is 3.09. The van der Waals surface area contributed by atoms with Crippen LogP contribution in [-0.2, 0) is 22.7 Å². The minimum Gasteiger partial charge on any atom is -0.496 e. The minimum absolute atomic E-state index is 0.0460. The predicted octanol–water partition coefficient (Wildman–Crippen LogP) is 4.49. The molecule has 0 bridgehead atoms. The summed E-state index contributed by atoms with van der Waals surface area (Å²) in [5.74, 6) is 0.456. The molecule has 5 heteroatoms. The molecule has 0 saturated carbocycles. The van der Waals surface area contributed by atoms with E-state index in [0.717, 1.165) is 22.4 Å². The number of benzene rings is 3. The Labute approximate surface area is 189 Å². The lowest BCUT2D eigenvalue weighted by molar-refractivity contribution is -0.144. The van der Waals surface area contributed by atoms with E-state index in [2.05, 4.69) is 5.32 Å². The first-order valence-corrected chi connectivity index (χ1v) is 11.0. The fourth-order valence-corrected chi connectivity index (χ4v) is 4.42. The van der Waals surface area contributed by atoms with Gasteiger partial charge >= 0.3 is 0 Å². The van der Waals surface area contributed by atoms with Crippen molar-refractivity contribution in [3.05, 3.63) is 102 Å². The molecule has 3 aromatic carbocycles. The zero-order valence-electron chi connectivity index (χ0n) is 18.2. The summed E-state index contributed by atoms with van der Waals surface area (Å²) in [6, 6.07) is 27.2. The van der Waals surface area contributed by atoms with Crippen molar-refractivity contribution < 1.29 is 14.3 Å². The van der Waals surface area contributed by atoms with Gasteiger partial charge in [-0.1, -0.05) is 78.9 Å². The van der Waals surface area contributed by atoms with Crippen LogP contribution in [0.15, 0.2) is 84.9 Å². The van der Waals surface area contributed by atoms with Crippen LogP contribution in [-0.4, -0.2) is 23.8 Å². The first-order chi connectivity index (χ1) is 15.7. The Morgan fingerprint density at radius 1 is 0.969 bits per heavy atom. The molecule has 0 radical (unpaired) electrons. The fourth-order valence-electron chi connectivity index (χ4n) is 4.42. The molecule has 3 aromatic rings. The van der Waals surface area contributed by atoms with Crippen molar-refractivity contribution in [1.82, 2.24) is 10.2 Å². The zero-order valence-corrected chi connectivity index (χ0v) is 18.2. The first kappa shape index (κ1) is 21.6. The second kappa shape index (κ2) is 10.1. The lowest BCUT2D eigenvalue weighted by Crippen LogP contribution is -2.47. The minimum atomic E-state index is -0.325. The summed E-state index contributed by atoms with van der Waals surface area (Å²) in [5.41, 5.74) is 2.96. The van der Waals surface area contributed by atoms with Crippen LogP contribution in [0.25, 0.3) is 0 Å². The smallest absolute Gasteiger partial charge is 0.225 e. The van der Waals surface area contributed by atoms with Crippen molar-refractivity contribution in [2.24, 2.45) is 5.92 Å². The van der Waals surface area contributed by atoms with Gasteiger partial charge in [0.05, 0.1) is 19.1 Å². The van der Waals surface area contributed by atoms with Gasteiger partial charge in [-0.2, -0.15) is 0 Å². The number of rotatable bonds is 7. The van der Waals surface area contributed by atoms with E-state index in [4.69, 9.17) is 4.74 Å². The molecule has 0 unspecified atom stereocenters. The monoisotopic (exact) mass is 428 g/mol. The highest BCUT2D eigenvalue weighted by molar-refractivity contribution is 5.85. The maximum Gasteiger partial charge on any atom is 0.225 e. The van der Waals surface area contributed by atoms with Gasteiger partial charge in [0, 0.05) is 25.1 Å². The van der Waals surface area contributed by atoms with E-state index in [0.29, 0.717) is 25.9 Å². The van der Waals surface area contributed by atoms with Crippen LogP contribution >= 0.6 is 0 Å². The number of ether oxygens (including phenoxy) is 1. The van der Waals surface area contributed by atoms with E-state index in [1.807, 2.05) is 89.8 Å². The molecule has 1 fully saturated rings. The van der Waals surface area contributed by atoms with Crippen LogP contribution in [0.2, 0.25) is 0 Å². The van der Waals surface area contributed by atoms with Crippen molar-refractivity contribution >= 4 is 11.8 Å². The number of carbonyl (C=O) groups is 2. The number of hydrogen-bond acceptors (Lipinski definition) is 3. The number of hydrogen-bond donors (Lipinski definition) is 1. The van der Waals surface area contributed by atoms with E-state index in [-0.39, 0.29) is 23.8 Å². The molecule has 1 N–H and O–H groups in total. The van der Waals surface area contributed by atoms with E-state index >= 15 is 0 Å². The maximum absolute atomic E-state index is 13.4. The Kier molecular flexibility index (Phi) is 6.85. The molecular weight excluding hydrogens is 400 g/mol. The van der Waals surface area contributed by atoms with E-state index in [9.17, 15) is 9.59 Å². The topological polar surface area (TPSA) is 58.6 Å². The molecule has 1 aliphatic rings. The summed E-state index contributed by atoms with van der Waals surface area (Å²) in [4.78, 5) is 28.2. The molecule has 32 heavy (non-hydrogen) atoms. The number of nitrogens with zero attached hydrogens (tertiary/aromatic N) is 1. The normalized spacial score (nSPS) is 18.3. The van der Waals surface area contributed by atoms with Crippen LogP contribution in [0.3, 0.4) is 0 Å². The number of nitrogens with one attached hydrogen (secondary N) is 1. The largest absolute Gasteiger partial charge is 0.496 e. The third-order valence-corrected chi connectivity index (χ3v) is 6.03. The molecule has 2 atom stereocenters. The van der Waals surface area contributed by atoms with E-state index in [1.165, 1.54) is 0 Å². The van der Waals surface area contributed by atoms with E-state index in [1.54, 1.807) is 7.11 Å². The van der Waals surface area contributed by atoms with Gasteiger partial charge in [0.2, 0.25) is 11.8 Å². The average molecular weight is 429 g/mol. The molecule has 2 amide bonds. The van der Waals surface area contributed by atoms with Crippen LogP contribution < -0.4 is 10.1 Å². The lowest BCUT2D eigenvalue weighted by Gasteiger charge is -2.41. The van der Waals surface area contributed by atoms with Crippen molar-refractivity contribution in [2.75, 3.05) is 7.11 Å². The third kappa shape index (κ3) is 4.83. The average Bonchev–Trinajstić information content (AvgIpc) is 2.85. The number of carbonyl (C=O) groups excluding carboxylic acids is 2.